The van der Waals surface area contributed by atoms with Crippen LogP contribution in [0.3, 0.4) is 0 Å². The van der Waals surface area contributed by atoms with E-state index in [0.29, 0.717) is 19.5 Å². The molecule has 0 radical (unpaired) electrons. The fraction of sp³-hybridized carbons (Fsp3) is 0.917. The van der Waals surface area contributed by atoms with Gasteiger partial charge < -0.3 is 4.74 Å². The van der Waals surface area contributed by atoms with Gasteiger partial charge in [0.15, 0.2) is 0 Å². The maximum absolute atomic E-state index is 12.2. The van der Waals surface area contributed by atoms with Crippen LogP contribution in [0.2, 0.25) is 0 Å². The number of nitrogens with zero attached hydrogens (tertiary/aromatic N) is 2. The molecule has 1 rings (SSSR count). The van der Waals surface area contributed by atoms with E-state index in [1.54, 1.807) is 0 Å². The average molecular weight is 292 g/mol. The van der Waals surface area contributed by atoms with E-state index in [-0.39, 0.29) is 23.7 Å². The van der Waals surface area contributed by atoms with Gasteiger partial charge in [0.25, 0.3) is 0 Å². The largest absolute Gasteiger partial charge is 0.469 e. The van der Waals surface area contributed by atoms with Crippen molar-refractivity contribution < 1.29 is 17.9 Å². The third kappa shape index (κ3) is 4.43. The van der Waals surface area contributed by atoms with Gasteiger partial charge in [-0.15, -0.1) is 0 Å². The fourth-order valence-electron chi connectivity index (χ4n) is 2.06. The van der Waals surface area contributed by atoms with Crippen LogP contribution in [0.25, 0.3) is 0 Å². The number of hydrogen-bond acceptors (Lipinski definition) is 5. The highest BCUT2D eigenvalue weighted by Crippen LogP contribution is 2.21. The Morgan fingerprint density at radius 2 is 1.95 bits per heavy atom. The third-order valence-corrected chi connectivity index (χ3v) is 5.59. The molecule has 0 saturated carbocycles. The molecule has 0 aromatic heterocycles. The van der Waals surface area contributed by atoms with Gasteiger partial charge >= 0.3 is 5.97 Å². The van der Waals surface area contributed by atoms with Crippen LogP contribution in [0.1, 0.15) is 26.7 Å². The summed E-state index contributed by atoms with van der Waals surface area (Å²) in [5, 5.41) is 0. The van der Waals surface area contributed by atoms with E-state index in [4.69, 9.17) is 0 Å². The van der Waals surface area contributed by atoms with Crippen molar-refractivity contribution in [1.29, 1.82) is 0 Å². The van der Waals surface area contributed by atoms with E-state index in [2.05, 4.69) is 9.64 Å². The van der Waals surface area contributed by atoms with Crippen LogP contribution in [-0.4, -0.2) is 68.7 Å². The van der Waals surface area contributed by atoms with Crippen molar-refractivity contribution >= 4 is 16.0 Å². The molecule has 0 spiro atoms. The van der Waals surface area contributed by atoms with Crippen LogP contribution in [-0.2, 0) is 19.6 Å². The Labute approximate surface area is 115 Å². The first-order chi connectivity index (χ1) is 8.69. The first-order valence-electron chi connectivity index (χ1n) is 6.45. The second-order valence-electron chi connectivity index (χ2n) is 5.56. The number of likely N-dealkylation sites (N-methyl/N-ethyl adjacent to an activating group) is 1. The number of piperazine rings is 1. The Morgan fingerprint density at radius 1 is 1.32 bits per heavy atom. The van der Waals surface area contributed by atoms with Gasteiger partial charge in [-0.3, -0.25) is 9.69 Å². The average Bonchev–Trinajstić information content (AvgIpc) is 2.32. The van der Waals surface area contributed by atoms with Crippen LogP contribution < -0.4 is 0 Å². The summed E-state index contributed by atoms with van der Waals surface area (Å²) in [6.45, 7) is 5.79. The summed E-state index contributed by atoms with van der Waals surface area (Å²) in [7, 11) is 0.0238. The van der Waals surface area contributed by atoms with Crippen molar-refractivity contribution in [3.05, 3.63) is 0 Å². The number of carbonyl (C=O) groups excluding carboxylic acids is 1. The number of sulfonamides is 1. The first-order valence-corrected chi connectivity index (χ1v) is 8.06. The van der Waals surface area contributed by atoms with Crippen LogP contribution in [0, 0.1) is 0 Å². The monoisotopic (exact) mass is 292 g/mol. The Balaban J connectivity index is 2.56. The normalized spacial score (nSPS) is 21.3. The van der Waals surface area contributed by atoms with Crippen molar-refractivity contribution in [3.8, 4) is 0 Å². The fourth-order valence-corrected chi connectivity index (χ4v) is 3.70. The smallest absolute Gasteiger partial charge is 0.305 e. The predicted molar refractivity (Wildman–Crippen MR) is 73.3 cm³/mol. The molecule has 0 aliphatic carbocycles. The van der Waals surface area contributed by atoms with Gasteiger partial charge in [0.2, 0.25) is 10.0 Å². The molecule has 112 valence electrons. The molecule has 1 saturated heterocycles. The molecule has 1 fully saturated rings. The molecule has 0 unspecified atom stereocenters. The summed E-state index contributed by atoms with van der Waals surface area (Å²) in [4.78, 5) is 13.1. The zero-order chi connectivity index (χ0) is 14.7. The number of hydrogen-bond donors (Lipinski definition) is 0. The first kappa shape index (κ1) is 16.4. The topological polar surface area (TPSA) is 66.9 Å². The maximum Gasteiger partial charge on any atom is 0.305 e. The molecule has 0 atom stereocenters. The van der Waals surface area contributed by atoms with Gasteiger partial charge in [-0.05, 0) is 27.3 Å². The number of ether oxygens (including phenoxy) is 1. The van der Waals surface area contributed by atoms with E-state index in [1.807, 2.05) is 20.9 Å². The lowest BCUT2D eigenvalue weighted by Gasteiger charge is -2.44. The third-order valence-electron chi connectivity index (χ3n) is 3.69. The number of esters is 1. The summed E-state index contributed by atoms with van der Waals surface area (Å²) in [6, 6.07) is 0. The zero-order valence-corrected chi connectivity index (χ0v) is 13.0. The molecule has 0 bridgehead atoms. The lowest BCUT2D eigenvalue weighted by molar-refractivity contribution is -0.140. The van der Waals surface area contributed by atoms with Gasteiger partial charge in [0.05, 0.1) is 12.9 Å². The molecule has 1 aliphatic rings. The molecular formula is C12H24N2O4S. The van der Waals surface area contributed by atoms with E-state index >= 15 is 0 Å². The second-order valence-corrected chi connectivity index (χ2v) is 7.65. The number of carbonyl (C=O) groups is 1. The summed E-state index contributed by atoms with van der Waals surface area (Å²) < 4.78 is 30.4. The van der Waals surface area contributed by atoms with Gasteiger partial charge in [-0.1, -0.05) is 0 Å². The predicted octanol–water partition coefficient (Wildman–Crippen LogP) is 0.295. The van der Waals surface area contributed by atoms with Crippen LogP contribution in [0.15, 0.2) is 0 Å². The molecule has 0 N–H and O–H groups in total. The summed E-state index contributed by atoms with van der Waals surface area (Å²) in [5.41, 5.74) is -0.159. The number of rotatable bonds is 5. The quantitative estimate of drug-likeness (QED) is 0.682. The van der Waals surface area contributed by atoms with Crippen molar-refractivity contribution in [2.75, 3.05) is 39.5 Å². The molecule has 0 aromatic carbocycles. The number of methoxy groups -OCH3 is 1. The zero-order valence-electron chi connectivity index (χ0n) is 12.2. The standard InChI is InChI=1S/C12H24N2O4S/c1-12(2)10-14(8-7-13(12)3)19(16,17)9-5-6-11(15)18-4/h5-10H2,1-4H3. The lowest BCUT2D eigenvalue weighted by Crippen LogP contribution is -2.59. The molecule has 7 heteroatoms. The highest BCUT2D eigenvalue weighted by atomic mass is 32.2. The highest BCUT2D eigenvalue weighted by Gasteiger charge is 2.36. The van der Waals surface area contributed by atoms with Gasteiger partial charge in [-0.2, -0.15) is 4.31 Å². The Bertz CT molecular complexity index is 419. The summed E-state index contributed by atoms with van der Waals surface area (Å²) in [5.74, 6) is -0.365. The maximum atomic E-state index is 12.2. The minimum Gasteiger partial charge on any atom is -0.469 e. The van der Waals surface area contributed by atoms with E-state index < -0.39 is 10.0 Å². The Kier molecular flexibility index (Phi) is 5.34. The van der Waals surface area contributed by atoms with Crippen LogP contribution in [0.4, 0.5) is 0 Å². The molecule has 1 heterocycles. The SMILES string of the molecule is COC(=O)CCCS(=O)(=O)N1CCN(C)C(C)(C)C1. The molecule has 6 nitrogen and oxygen atoms in total. The van der Waals surface area contributed by atoms with Crippen LogP contribution in [0.5, 0.6) is 0 Å². The van der Waals surface area contributed by atoms with Gasteiger partial charge in [0, 0.05) is 31.6 Å². The summed E-state index contributed by atoms with van der Waals surface area (Å²) >= 11 is 0. The van der Waals surface area contributed by atoms with Crippen molar-refractivity contribution in [1.82, 2.24) is 9.21 Å². The van der Waals surface area contributed by atoms with Crippen molar-refractivity contribution in [2.45, 2.75) is 32.2 Å². The van der Waals surface area contributed by atoms with E-state index in [0.717, 1.165) is 6.54 Å². The lowest BCUT2D eigenvalue weighted by atomic mass is 10.0. The minimum atomic E-state index is -3.28. The highest BCUT2D eigenvalue weighted by molar-refractivity contribution is 7.89. The molecule has 0 amide bonds. The molecule has 1 aliphatic heterocycles. The minimum absolute atomic E-state index is 0.00188. The van der Waals surface area contributed by atoms with Gasteiger partial charge in [-0.25, -0.2) is 8.42 Å². The van der Waals surface area contributed by atoms with Crippen molar-refractivity contribution in [3.63, 3.8) is 0 Å². The Morgan fingerprint density at radius 3 is 2.47 bits per heavy atom. The van der Waals surface area contributed by atoms with E-state index in [1.165, 1.54) is 11.4 Å². The van der Waals surface area contributed by atoms with Crippen molar-refractivity contribution in [2.24, 2.45) is 0 Å². The molecular weight excluding hydrogens is 268 g/mol. The second kappa shape index (κ2) is 6.19. The van der Waals surface area contributed by atoms with Crippen LogP contribution >= 0.6 is 0 Å². The van der Waals surface area contributed by atoms with Gasteiger partial charge in [0.1, 0.15) is 0 Å². The van der Waals surface area contributed by atoms with E-state index in [9.17, 15) is 13.2 Å². The molecule has 0 aromatic rings. The Hall–Kier alpha value is -0.660. The molecule has 19 heavy (non-hydrogen) atoms. The summed E-state index contributed by atoms with van der Waals surface area (Å²) in [6.07, 6.45) is 0.453.